The Morgan fingerprint density at radius 3 is 0.839 bits per heavy atom. The van der Waals surface area contributed by atoms with Crippen LogP contribution in [0, 0.1) is 0 Å². The first-order valence-electron chi connectivity index (χ1n) is 12.2. The van der Waals surface area contributed by atoms with Gasteiger partial charge >= 0.3 is 0 Å². The maximum absolute atomic E-state index is 5.14. The van der Waals surface area contributed by atoms with E-state index in [2.05, 4.69) is 95.5 Å². The van der Waals surface area contributed by atoms with Crippen LogP contribution in [0.4, 0.5) is 0 Å². The summed E-state index contributed by atoms with van der Waals surface area (Å²) in [5.41, 5.74) is 0. The van der Waals surface area contributed by atoms with Gasteiger partial charge in [0.2, 0.25) is 0 Å². The van der Waals surface area contributed by atoms with E-state index in [1.165, 1.54) is 51.4 Å². The van der Waals surface area contributed by atoms with Crippen LogP contribution in [0.25, 0.3) is 0 Å². The van der Waals surface area contributed by atoms with Crippen molar-refractivity contribution in [3.8, 4) is 0 Å². The van der Waals surface area contributed by atoms with Gasteiger partial charge in [-0.15, -0.1) is 35.1 Å². The Kier molecular flexibility index (Phi) is 200. The number of hydrogen-bond acceptors (Lipinski definition) is 0. The van der Waals surface area contributed by atoms with E-state index >= 15 is 0 Å². The van der Waals surface area contributed by atoms with Crippen molar-refractivity contribution in [3.05, 3.63) is 0 Å². The molecule has 0 amide bonds. The highest BCUT2D eigenvalue weighted by Crippen LogP contribution is 2.48. The van der Waals surface area contributed by atoms with Gasteiger partial charge in [-0.2, -0.15) is 9.90 Å². The van der Waals surface area contributed by atoms with Crippen molar-refractivity contribution >= 4 is 67.9 Å². The van der Waals surface area contributed by atoms with Gasteiger partial charge < -0.3 is 0 Å². The van der Waals surface area contributed by atoms with Gasteiger partial charge in [-0.05, 0) is 13.3 Å². The standard InChI is InChI=1S/C5H12.C4H9B.C4H10.C3H7B.C3H8.C2H6.CH7P3.CH6P2.H3P/c1-3-5-4-2;1-2-3-4-5;1-3-4-2;1-2-3-4;1-3-2;1-2;1-4(2)3;1-3-2;/h3-5H2,1-2H3;2-4H2,1H3;3-4H2,1-2H3;2-3H2,1H3;3H2,1-2H3;1-2H3;2-3H2,1H3;3H,2H2,1H3;1H3. The summed E-state index contributed by atoms with van der Waals surface area (Å²) in [7, 11) is 19.4. The Morgan fingerprint density at radius 1 is 0.645 bits per heavy atom. The smallest absolute Gasteiger partial charge is 0.0652 e. The molecule has 0 fully saturated rings. The third-order valence-corrected chi connectivity index (χ3v) is 2.05. The van der Waals surface area contributed by atoms with Crippen molar-refractivity contribution in [2.24, 2.45) is 0 Å². The summed E-state index contributed by atoms with van der Waals surface area (Å²) in [4.78, 5) is 0. The van der Waals surface area contributed by atoms with Gasteiger partial charge in [0.25, 0.3) is 0 Å². The van der Waals surface area contributed by atoms with Crippen LogP contribution in [0.1, 0.15) is 127 Å². The second kappa shape index (κ2) is 105. The molecule has 0 spiro atoms. The molecule has 0 aliphatic heterocycles. The Morgan fingerprint density at radius 2 is 0.839 bits per heavy atom. The van der Waals surface area contributed by atoms with Gasteiger partial charge in [0, 0.05) is 0 Å². The van der Waals surface area contributed by atoms with Crippen molar-refractivity contribution in [2.75, 3.05) is 13.3 Å². The van der Waals surface area contributed by atoms with Crippen LogP contribution in [0.5, 0.6) is 0 Å². The zero-order chi connectivity index (χ0) is 26.1. The van der Waals surface area contributed by atoms with Gasteiger partial charge in [0.15, 0.2) is 0 Å². The molecule has 0 rings (SSSR count). The lowest BCUT2D eigenvalue weighted by Crippen LogP contribution is -1.63. The fraction of sp³-hybridized carbons (Fsp3) is 1.00. The van der Waals surface area contributed by atoms with Gasteiger partial charge in [-0.3, -0.25) is 0 Å². The van der Waals surface area contributed by atoms with Gasteiger partial charge in [-0.25, -0.2) is 0 Å². The lowest BCUT2D eigenvalue weighted by atomic mass is 10.0. The maximum atomic E-state index is 5.14. The maximum Gasteiger partial charge on any atom is 0.0652 e. The third kappa shape index (κ3) is 407. The van der Waals surface area contributed by atoms with Crippen LogP contribution in [-0.2, 0) is 0 Å². The molecular weight excluding hydrogens is 484 g/mol. The lowest BCUT2D eigenvalue weighted by molar-refractivity contribution is 0.772. The SMILES string of the molecule is CC.CCC.CCCC.CCCCC.CP(P)P.CPP.P.[B]CCC.[B]CCCC. The Hall–Kier alpha value is 2.71. The molecule has 0 heterocycles. The molecule has 0 nitrogen and oxygen atoms in total. The molecule has 0 saturated carbocycles. The highest BCUT2D eigenvalue weighted by molar-refractivity contribution is 8.43. The number of unbranched alkanes of at least 4 members (excludes halogenated alkanes) is 4. The molecule has 0 aromatic heterocycles. The second-order valence-electron chi connectivity index (χ2n) is 5.95. The molecule has 0 aliphatic carbocycles. The van der Waals surface area contributed by atoms with Crippen LogP contribution in [0.3, 0.4) is 0 Å². The van der Waals surface area contributed by atoms with Crippen molar-refractivity contribution < 1.29 is 0 Å². The Balaban J connectivity index is -0.0000000257. The van der Waals surface area contributed by atoms with Crippen LogP contribution < -0.4 is 0 Å². The molecular formula is C23H68B2P6. The number of rotatable bonds is 6. The van der Waals surface area contributed by atoms with Crippen LogP contribution >= 0.6 is 52.3 Å². The van der Waals surface area contributed by atoms with Crippen molar-refractivity contribution in [1.29, 1.82) is 0 Å². The minimum atomic E-state index is 0. The average Bonchev–Trinajstić information content (AvgIpc) is 2.72. The Labute approximate surface area is 220 Å². The minimum absolute atomic E-state index is 0. The van der Waals surface area contributed by atoms with Crippen molar-refractivity contribution in [1.82, 2.24) is 0 Å². The van der Waals surface area contributed by atoms with Crippen LogP contribution in [0.2, 0.25) is 12.6 Å². The summed E-state index contributed by atoms with van der Waals surface area (Å²) in [5.74, 6) is 0. The van der Waals surface area contributed by atoms with Crippen LogP contribution in [-0.4, -0.2) is 29.0 Å². The highest BCUT2D eigenvalue weighted by Gasteiger charge is 1.68. The summed E-state index contributed by atoms with van der Waals surface area (Å²) in [6.07, 6.45) is 13.1. The molecule has 0 bridgehead atoms. The molecule has 5 atom stereocenters. The fourth-order valence-electron chi connectivity index (χ4n) is 0.558. The quantitative estimate of drug-likeness (QED) is 0.227. The Bertz CT molecular complexity index is 124. The third-order valence-electron chi connectivity index (χ3n) is 2.05. The van der Waals surface area contributed by atoms with Gasteiger partial charge in [0.1, 0.15) is 0 Å². The van der Waals surface area contributed by atoms with E-state index in [0.717, 1.165) is 27.3 Å². The monoisotopic (exact) mass is 552 g/mol. The van der Waals surface area contributed by atoms with Gasteiger partial charge in [0.05, 0.1) is 15.7 Å². The van der Waals surface area contributed by atoms with E-state index < -0.39 is 0 Å². The first-order valence-corrected chi connectivity index (χ1v) is 20.6. The van der Waals surface area contributed by atoms with Gasteiger partial charge in [-0.1, -0.05) is 147 Å². The summed E-state index contributed by atoms with van der Waals surface area (Å²) in [6.45, 7) is 25.5. The molecule has 0 aromatic carbocycles. The molecule has 4 radical (unpaired) electrons. The van der Waals surface area contributed by atoms with E-state index in [4.69, 9.17) is 15.7 Å². The first-order chi connectivity index (χ1) is 14.2. The predicted molar refractivity (Wildman–Crippen MR) is 187 cm³/mol. The zero-order valence-corrected chi connectivity index (χ0v) is 31.1. The number of hydrogen-bond donors (Lipinski definition) is 0. The first kappa shape index (κ1) is 59.1. The normalized spacial score (nSPS) is 7.48. The van der Waals surface area contributed by atoms with Crippen LogP contribution in [0.15, 0.2) is 0 Å². The van der Waals surface area contributed by atoms with E-state index in [9.17, 15) is 0 Å². The molecule has 31 heavy (non-hydrogen) atoms. The largest absolute Gasteiger partial charge is 0.153 e. The van der Waals surface area contributed by atoms with Crippen molar-refractivity contribution in [3.63, 3.8) is 0 Å². The van der Waals surface area contributed by atoms with E-state index in [1.807, 2.05) is 13.8 Å². The predicted octanol–water partition coefficient (Wildman–Crippen LogP) is 11.6. The lowest BCUT2D eigenvalue weighted by Gasteiger charge is -1.81. The molecule has 0 aromatic rings. The summed E-state index contributed by atoms with van der Waals surface area (Å²) in [6, 6.07) is 0. The van der Waals surface area contributed by atoms with E-state index in [1.54, 1.807) is 0 Å². The topological polar surface area (TPSA) is 0 Å². The summed E-state index contributed by atoms with van der Waals surface area (Å²) < 4.78 is 0. The molecule has 0 N–H and O–H groups in total. The summed E-state index contributed by atoms with van der Waals surface area (Å²) >= 11 is 0. The highest BCUT2D eigenvalue weighted by atomic mass is 32.4. The van der Waals surface area contributed by atoms with Crippen molar-refractivity contribution in [2.45, 2.75) is 140 Å². The fourth-order valence-corrected chi connectivity index (χ4v) is 0.558. The molecule has 0 saturated heterocycles. The molecule has 5 unspecified atom stereocenters. The second-order valence-corrected chi connectivity index (χ2v) is 16.3. The molecule has 8 heteroatoms. The average molecular weight is 552 g/mol. The van der Waals surface area contributed by atoms with E-state index in [0.29, 0.717) is 0 Å². The molecule has 0 aliphatic rings. The molecule has 196 valence electrons. The minimum Gasteiger partial charge on any atom is -0.153 e. The zero-order valence-electron chi connectivity index (χ0n) is 24.3. The summed E-state index contributed by atoms with van der Waals surface area (Å²) in [5, 5.41) is 0. The van der Waals surface area contributed by atoms with E-state index in [-0.39, 0.29) is 17.2 Å².